The molecule has 1 heterocycles. The van der Waals surface area contributed by atoms with Gasteiger partial charge in [0.2, 0.25) is 5.91 Å². The molecule has 5 heteroatoms. The normalized spacial score (nSPS) is 13.6. The van der Waals surface area contributed by atoms with Crippen molar-refractivity contribution in [2.75, 3.05) is 19.6 Å². The Balaban J connectivity index is 2.45. The van der Waals surface area contributed by atoms with Gasteiger partial charge in [-0.15, -0.1) is 0 Å². The number of rotatable bonds is 7. The number of carbonyl (C=O) groups excluding carboxylic acids is 1. The van der Waals surface area contributed by atoms with Gasteiger partial charge >= 0.3 is 0 Å². The number of amides is 1. The van der Waals surface area contributed by atoms with Gasteiger partial charge in [0.05, 0.1) is 24.5 Å². The monoisotopic (exact) mass is 268 g/mol. The number of furan rings is 1. The lowest BCUT2D eigenvalue weighted by atomic mass is 10.1. The first-order chi connectivity index (χ1) is 8.81. The molecule has 0 saturated heterocycles. The Morgan fingerprint density at radius 1 is 1.58 bits per heavy atom. The van der Waals surface area contributed by atoms with Crippen LogP contribution < -0.4 is 5.32 Å². The second-order valence-electron chi connectivity index (χ2n) is 5.42. The smallest absolute Gasteiger partial charge is 0.234 e. The minimum atomic E-state index is -0.803. The van der Waals surface area contributed by atoms with Gasteiger partial charge in [-0.25, -0.2) is 0 Å². The molecule has 0 fully saturated rings. The third-order valence-corrected chi connectivity index (χ3v) is 2.77. The molecule has 1 unspecified atom stereocenters. The molecular weight excluding hydrogens is 244 g/mol. The Bertz CT molecular complexity index is 382. The largest absolute Gasteiger partial charge is 0.467 e. The van der Waals surface area contributed by atoms with Crippen LogP contribution in [0.1, 0.15) is 39.5 Å². The number of nitrogens with one attached hydrogen (secondary N) is 1. The summed E-state index contributed by atoms with van der Waals surface area (Å²) in [5, 5.41) is 12.7. The maximum atomic E-state index is 11.9. The van der Waals surface area contributed by atoms with Crippen LogP contribution in [0.4, 0.5) is 0 Å². The second kappa shape index (κ2) is 6.73. The zero-order valence-electron chi connectivity index (χ0n) is 12.1. The predicted octanol–water partition coefficient (Wildman–Crippen LogP) is 1.55. The maximum Gasteiger partial charge on any atom is 0.234 e. The Morgan fingerprint density at radius 2 is 2.26 bits per heavy atom. The molecule has 0 spiro atoms. The molecule has 0 aliphatic heterocycles. The van der Waals surface area contributed by atoms with Crippen LogP contribution in [-0.4, -0.2) is 41.1 Å². The van der Waals surface area contributed by atoms with Gasteiger partial charge in [-0.1, -0.05) is 6.92 Å². The highest BCUT2D eigenvalue weighted by molar-refractivity contribution is 5.78. The van der Waals surface area contributed by atoms with E-state index in [1.807, 2.05) is 24.8 Å². The van der Waals surface area contributed by atoms with Gasteiger partial charge < -0.3 is 14.8 Å². The zero-order valence-corrected chi connectivity index (χ0v) is 12.1. The topological polar surface area (TPSA) is 65.7 Å². The van der Waals surface area contributed by atoms with Gasteiger partial charge in [-0.3, -0.25) is 9.69 Å². The number of likely N-dealkylation sites (N-methyl/N-ethyl adjacent to an activating group) is 1. The van der Waals surface area contributed by atoms with Crippen LogP contribution in [0.5, 0.6) is 0 Å². The number of hydrogen-bond donors (Lipinski definition) is 2. The van der Waals surface area contributed by atoms with Crippen LogP contribution in [0.15, 0.2) is 22.8 Å². The molecule has 0 aliphatic carbocycles. The van der Waals surface area contributed by atoms with Gasteiger partial charge in [0.1, 0.15) is 5.76 Å². The maximum absolute atomic E-state index is 11.9. The minimum Gasteiger partial charge on any atom is -0.467 e. The number of carbonyl (C=O) groups is 1. The third-order valence-electron chi connectivity index (χ3n) is 2.77. The van der Waals surface area contributed by atoms with Crippen LogP contribution in [0, 0.1) is 0 Å². The van der Waals surface area contributed by atoms with Crippen molar-refractivity contribution in [1.82, 2.24) is 10.2 Å². The molecule has 19 heavy (non-hydrogen) atoms. The fourth-order valence-electron chi connectivity index (χ4n) is 1.93. The van der Waals surface area contributed by atoms with Crippen molar-refractivity contribution in [2.24, 2.45) is 0 Å². The lowest BCUT2D eigenvalue weighted by Crippen LogP contribution is -2.44. The predicted molar refractivity (Wildman–Crippen MR) is 73.7 cm³/mol. The molecule has 108 valence electrons. The highest BCUT2D eigenvalue weighted by atomic mass is 16.3. The molecule has 1 aromatic rings. The summed E-state index contributed by atoms with van der Waals surface area (Å²) in [6.07, 6.45) is 1.59. The van der Waals surface area contributed by atoms with Crippen LogP contribution in [0.3, 0.4) is 0 Å². The lowest BCUT2D eigenvalue weighted by Gasteiger charge is -2.27. The molecule has 1 amide bonds. The summed E-state index contributed by atoms with van der Waals surface area (Å²) in [6, 6.07) is 3.48. The van der Waals surface area contributed by atoms with Crippen LogP contribution in [-0.2, 0) is 4.79 Å². The third kappa shape index (κ3) is 5.89. The fraction of sp³-hybridized carbons (Fsp3) is 0.643. The molecule has 0 radical (unpaired) electrons. The Kier molecular flexibility index (Phi) is 5.57. The number of aliphatic hydroxyl groups is 1. The standard InChI is InChI=1S/C14H24N2O3/c1-5-16(10-14(3,4)18)9-13(17)15-11(2)12-7-6-8-19-12/h6-8,11,18H,5,9-10H2,1-4H3,(H,15,17). The van der Waals surface area contributed by atoms with Crippen molar-refractivity contribution in [3.05, 3.63) is 24.2 Å². The molecule has 0 bridgehead atoms. The summed E-state index contributed by atoms with van der Waals surface area (Å²) in [6.45, 7) is 8.76. The highest BCUT2D eigenvalue weighted by Crippen LogP contribution is 2.12. The van der Waals surface area contributed by atoms with Crippen molar-refractivity contribution in [3.8, 4) is 0 Å². The van der Waals surface area contributed by atoms with E-state index in [2.05, 4.69) is 5.32 Å². The Hall–Kier alpha value is -1.33. The molecule has 0 aromatic carbocycles. The van der Waals surface area contributed by atoms with Crippen molar-refractivity contribution in [2.45, 2.75) is 39.3 Å². The van der Waals surface area contributed by atoms with Gasteiger partial charge in [-0.05, 0) is 39.4 Å². The van der Waals surface area contributed by atoms with E-state index < -0.39 is 5.60 Å². The SMILES string of the molecule is CCN(CC(=O)NC(C)c1ccco1)CC(C)(C)O. The molecule has 5 nitrogen and oxygen atoms in total. The van der Waals surface area contributed by atoms with E-state index in [0.717, 1.165) is 5.76 Å². The molecule has 1 rings (SSSR count). The molecule has 2 N–H and O–H groups in total. The van der Waals surface area contributed by atoms with Gasteiger partial charge in [0, 0.05) is 6.54 Å². The van der Waals surface area contributed by atoms with E-state index in [1.54, 1.807) is 26.2 Å². The average molecular weight is 268 g/mol. The van der Waals surface area contributed by atoms with E-state index in [-0.39, 0.29) is 18.5 Å². The van der Waals surface area contributed by atoms with Crippen molar-refractivity contribution in [3.63, 3.8) is 0 Å². The van der Waals surface area contributed by atoms with Crippen molar-refractivity contribution >= 4 is 5.91 Å². The Labute approximate surface area is 114 Å². The first-order valence-corrected chi connectivity index (χ1v) is 6.59. The van der Waals surface area contributed by atoms with E-state index in [9.17, 15) is 9.90 Å². The minimum absolute atomic E-state index is 0.0741. The Morgan fingerprint density at radius 3 is 2.74 bits per heavy atom. The van der Waals surface area contributed by atoms with Crippen LogP contribution in [0.2, 0.25) is 0 Å². The molecular formula is C14H24N2O3. The molecule has 0 aliphatic rings. The lowest BCUT2D eigenvalue weighted by molar-refractivity contribution is -0.123. The molecule has 1 atom stereocenters. The quantitative estimate of drug-likeness (QED) is 0.787. The first kappa shape index (κ1) is 15.7. The summed E-state index contributed by atoms with van der Waals surface area (Å²) in [4.78, 5) is 13.8. The fourth-order valence-corrected chi connectivity index (χ4v) is 1.93. The number of nitrogens with zero attached hydrogens (tertiary/aromatic N) is 1. The molecule has 1 aromatic heterocycles. The average Bonchev–Trinajstić information content (AvgIpc) is 2.79. The summed E-state index contributed by atoms with van der Waals surface area (Å²) in [5.41, 5.74) is -0.803. The first-order valence-electron chi connectivity index (χ1n) is 6.59. The van der Waals surface area contributed by atoms with E-state index in [1.165, 1.54) is 0 Å². The van der Waals surface area contributed by atoms with Gasteiger partial charge in [0.15, 0.2) is 0 Å². The molecule has 0 saturated carbocycles. The van der Waals surface area contributed by atoms with Crippen LogP contribution >= 0.6 is 0 Å². The summed E-state index contributed by atoms with van der Waals surface area (Å²) >= 11 is 0. The van der Waals surface area contributed by atoms with Gasteiger partial charge in [0.25, 0.3) is 0 Å². The second-order valence-corrected chi connectivity index (χ2v) is 5.42. The highest BCUT2D eigenvalue weighted by Gasteiger charge is 2.20. The summed E-state index contributed by atoms with van der Waals surface area (Å²) in [5.74, 6) is 0.661. The van der Waals surface area contributed by atoms with Crippen molar-refractivity contribution < 1.29 is 14.3 Å². The zero-order chi connectivity index (χ0) is 14.5. The summed E-state index contributed by atoms with van der Waals surface area (Å²) in [7, 11) is 0. The van der Waals surface area contributed by atoms with Gasteiger partial charge in [-0.2, -0.15) is 0 Å². The number of hydrogen-bond acceptors (Lipinski definition) is 4. The van der Waals surface area contributed by atoms with E-state index in [0.29, 0.717) is 13.1 Å². The van der Waals surface area contributed by atoms with E-state index >= 15 is 0 Å². The van der Waals surface area contributed by atoms with E-state index in [4.69, 9.17) is 4.42 Å². The van der Waals surface area contributed by atoms with Crippen LogP contribution in [0.25, 0.3) is 0 Å². The summed E-state index contributed by atoms with van der Waals surface area (Å²) < 4.78 is 5.24. The van der Waals surface area contributed by atoms with Crippen molar-refractivity contribution in [1.29, 1.82) is 0 Å².